The van der Waals surface area contributed by atoms with Gasteiger partial charge in [-0.05, 0) is 24.6 Å². The highest BCUT2D eigenvalue weighted by molar-refractivity contribution is 5.71. The second-order valence-corrected chi connectivity index (χ2v) is 3.86. The molecule has 1 unspecified atom stereocenters. The van der Waals surface area contributed by atoms with Crippen LogP contribution in [0, 0.1) is 5.82 Å². The van der Waals surface area contributed by atoms with Crippen LogP contribution in [0.3, 0.4) is 0 Å². The third kappa shape index (κ3) is 4.21. The fourth-order valence-corrected chi connectivity index (χ4v) is 1.54. The van der Waals surface area contributed by atoms with Crippen LogP contribution in [0.5, 0.6) is 5.75 Å². The Labute approximate surface area is 106 Å². The summed E-state index contributed by atoms with van der Waals surface area (Å²) in [5, 5.41) is 5.61. The first-order valence-electron chi connectivity index (χ1n) is 5.64. The predicted molar refractivity (Wildman–Crippen MR) is 67.0 cm³/mol. The lowest BCUT2D eigenvalue weighted by atomic mass is 10.1. The Kier molecular flexibility index (Phi) is 5.38. The van der Waals surface area contributed by atoms with E-state index in [1.54, 1.807) is 12.1 Å². The Morgan fingerprint density at radius 3 is 2.78 bits per heavy atom. The van der Waals surface area contributed by atoms with E-state index in [4.69, 9.17) is 10.5 Å². The van der Waals surface area contributed by atoms with Crippen molar-refractivity contribution in [2.24, 2.45) is 5.73 Å². The van der Waals surface area contributed by atoms with Crippen LogP contribution in [0.4, 0.5) is 9.18 Å². The molecule has 0 bridgehead atoms. The molecular formula is C12H18FN3O2. The number of nitrogens with two attached hydrogens (primary N) is 1. The van der Waals surface area contributed by atoms with Gasteiger partial charge in [-0.25, -0.2) is 9.18 Å². The first-order valence-corrected chi connectivity index (χ1v) is 5.64. The molecule has 2 amide bonds. The molecule has 5 nitrogen and oxygen atoms in total. The Morgan fingerprint density at radius 1 is 1.50 bits per heavy atom. The zero-order valence-corrected chi connectivity index (χ0v) is 10.5. The second kappa shape index (κ2) is 6.80. The van der Waals surface area contributed by atoms with E-state index in [0.29, 0.717) is 13.1 Å². The van der Waals surface area contributed by atoms with Crippen molar-refractivity contribution in [3.05, 3.63) is 29.6 Å². The molecule has 0 fully saturated rings. The second-order valence-electron chi connectivity index (χ2n) is 3.86. The lowest BCUT2D eigenvalue weighted by molar-refractivity contribution is 0.249. The molecule has 0 saturated heterocycles. The summed E-state index contributed by atoms with van der Waals surface area (Å²) >= 11 is 0. The number of nitrogens with one attached hydrogen (secondary N) is 2. The van der Waals surface area contributed by atoms with Gasteiger partial charge in [0.25, 0.3) is 0 Å². The molecule has 0 radical (unpaired) electrons. The van der Waals surface area contributed by atoms with Gasteiger partial charge in [-0.1, -0.05) is 6.07 Å². The largest absolute Gasteiger partial charge is 0.494 e. The maximum atomic E-state index is 13.5. The molecule has 100 valence electrons. The minimum Gasteiger partial charge on any atom is -0.494 e. The van der Waals surface area contributed by atoms with E-state index in [9.17, 15) is 9.18 Å². The summed E-state index contributed by atoms with van der Waals surface area (Å²) in [7, 11) is 1.43. The van der Waals surface area contributed by atoms with E-state index in [1.807, 2.05) is 6.92 Å². The summed E-state index contributed by atoms with van der Waals surface area (Å²) in [5.41, 5.74) is 5.74. The molecule has 0 aliphatic carbocycles. The third-order valence-electron chi connectivity index (χ3n) is 2.55. The van der Waals surface area contributed by atoms with Gasteiger partial charge in [-0.15, -0.1) is 0 Å². The third-order valence-corrected chi connectivity index (χ3v) is 2.55. The highest BCUT2D eigenvalue weighted by atomic mass is 19.1. The summed E-state index contributed by atoms with van der Waals surface area (Å²) in [4.78, 5) is 10.4. The maximum absolute atomic E-state index is 13.5. The van der Waals surface area contributed by atoms with E-state index >= 15 is 0 Å². The number of urea groups is 1. The minimum atomic E-state index is -0.556. The number of benzene rings is 1. The standard InChI is InChI=1S/C12H18FN3O2/c1-8(15-5-6-16-12(14)17)9-3-4-11(18-2)10(13)7-9/h3-4,7-8,15H,5-6H2,1-2H3,(H3,14,16,17). The Hall–Kier alpha value is -1.82. The lowest BCUT2D eigenvalue weighted by Gasteiger charge is -2.15. The smallest absolute Gasteiger partial charge is 0.312 e. The molecule has 0 aliphatic heterocycles. The highest BCUT2D eigenvalue weighted by Gasteiger charge is 2.08. The van der Waals surface area contributed by atoms with Crippen molar-refractivity contribution in [2.45, 2.75) is 13.0 Å². The number of amides is 2. The zero-order valence-electron chi connectivity index (χ0n) is 10.5. The van der Waals surface area contributed by atoms with E-state index in [-0.39, 0.29) is 17.6 Å². The summed E-state index contributed by atoms with van der Waals surface area (Å²) < 4.78 is 18.3. The average Bonchev–Trinajstić information content (AvgIpc) is 2.34. The van der Waals surface area contributed by atoms with Crippen molar-refractivity contribution in [1.29, 1.82) is 0 Å². The number of hydrogen-bond acceptors (Lipinski definition) is 3. The number of ether oxygens (including phenoxy) is 1. The maximum Gasteiger partial charge on any atom is 0.312 e. The van der Waals surface area contributed by atoms with Crippen molar-refractivity contribution >= 4 is 6.03 Å². The molecule has 6 heteroatoms. The van der Waals surface area contributed by atoms with Crippen molar-refractivity contribution in [3.8, 4) is 5.75 Å². The molecule has 1 aromatic rings. The quantitative estimate of drug-likeness (QED) is 0.667. The summed E-state index contributed by atoms with van der Waals surface area (Å²) in [5.74, 6) is -0.166. The fraction of sp³-hybridized carbons (Fsp3) is 0.417. The number of rotatable bonds is 6. The topological polar surface area (TPSA) is 76.4 Å². The molecular weight excluding hydrogens is 237 g/mol. The van der Waals surface area contributed by atoms with Crippen molar-refractivity contribution in [1.82, 2.24) is 10.6 Å². The SMILES string of the molecule is COc1ccc(C(C)NCCNC(N)=O)cc1F. The van der Waals surface area contributed by atoms with Crippen LogP contribution in [0.25, 0.3) is 0 Å². The summed E-state index contributed by atoms with van der Waals surface area (Å²) in [6.45, 7) is 2.89. The Bertz CT molecular complexity index is 412. The van der Waals surface area contributed by atoms with Crippen molar-refractivity contribution in [2.75, 3.05) is 20.2 Å². The van der Waals surface area contributed by atoms with Crippen LogP contribution in [0.1, 0.15) is 18.5 Å². The first kappa shape index (κ1) is 14.2. The molecule has 0 spiro atoms. The Morgan fingerprint density at radius 2 is 2.22 bits per heavy atom. The molecule has 1 atom stereocenters. The van der Waals surface area contributed by atoms with E-state index in [2.05, 4.69) is 10.6 Å². The number of halogens is 1. The van der Waals surface area contributed by atoms with Gasteiger partial charge >= 0.3 is 6.03 Å². The van der Waals surface area contributed by atoms with Crippen LogP contribution in [-0.2, 0) is 0 Å². The van der Waals surface area contributed by atoms with Crippen LogP contribution in [-0.4, -0.2) is 26.2 Å². The number of methoxy groups -OCH3 is 1. The number of carbonyl (C=O) groups excluding carboxylic acids is 1. The molecule has 0 aromatic heterocycles. The fourth-order valence-electron chi connectivity index (χ4n) is 1.54. The van der Waals surface area contributed by atoms with Gasteiger partial charge in [-0.2, -0.15) is 0 Å². The summed E-state index contributed by atoms with van der Waals surface area (Å²) in [6.07, 6.45) is 0. The van der Waals surface area contributed by atoms with E-state index in [1.165, 1.54) is 13.2 Å². The first-order chi connectivity index (χ1) is 8.54. The number of primary amides is 1. The van der Waals surface area contributed by atoms with Crippen molar-refractivity contribution < 1.29 is 13.9 Å². The van der Waals surface area contributed by atoms with Gasteiger partial charge in [0.2, 0.25) is 0 Å². The normalized spacial score (nSPS) is 11.9. The van der Waals surface area contributed by atoms with Gasteiger partial charge in [-0.3, -0.25) is 0 Å². The van der Waals surface area contributed by atoms with Gasteiger partial charge in [0, 0.05) is 19.1 Å². The average molecular weight is 255 g/mol. The lowest BCUT2D eigenvalue weighted by Crippen LogP contribution is -2.36. The minimum absolute atomic E-state index is 0.0277. The van der Waals surface area contributed by atoms with Crippen LogP contribution < -0.4 is 21.1 Å². The zero-order chi connectivity index (χ0) is 13.5. The molecule has 0 heterocycles. The molecule has 0 saturated carbocycles. The van der Waals surface area contributed by atoms with Gasteiger partial charge in [0.15, 0.2) is 11.6 Å². The molecule has 4 N–H and O–H groups in total. The van der Waals surface area contributed by atoms with Crippen LogP contribution >= 0.6 is 0 Å². The monoisotopic (exact) mass is 255 g/mol. The molecule has 1 aromatic carbocycles. The van der Waals surface area contributed by atoms with Crippen LogP contribution in [0.15, 0.2) is 18.2 Å². The van der Waals surface area contributed by atoms with Gasteiger partial charge < -0.3 is 21.1 Å². The van der Waals surface area contributed by atoms with E-state index in [0.717, 1.165) is 5.56 Å². The highest BCUT2D eigenvalue weighted by Crippen LogP contribution is 2.21. The van der Waals surface area contributed by atoms with Gasteiger partial charge in [0.1, 0.15) is 0 Å². The molecule has 1 rings (SSSR count). The number of hydrogen-bond donors (Lipinski definition) is 3. The molecule has 0 aliphatic rings. The summed E-state index contributed by atoms with van der Waals surface area (Å²) in [6, 6.07) is 4.23. The number of carbonyl (C=O) groups is 1. The van der Waals surface area contributed by atoms with Crippen molar-refractivity contribution in [3.63, 3.8) is 0 Å². The van der Waals surface area contributed by atoms with E-state index < -0.39 is 6.03 Å². The predicted octanol–water partition coefficient (Wildman–Crippen LogP) is 1.15. The van der Waals surface area contributed by atoms with Crippen LogP contribution in [0.2, 0.25) is 0 Å². The Balaban J connectivity index is 2.48. The van der Waals surface area contributed by atoms with Gasteiger partial charge in [0.05, 0.1) is 7.11 Å². The molecule has 18 heavy (non-hydrogen) atoms.